The number of carbonyl (C=O) groups is 1. The predicted molar refractivity (Wildman–Crippen MR) is 57.3 cm³/mol. The molecule has 0 aromatic carbocycles. The summed E-state index contributed by atoms with van der Waals surface area (Å²) in [6.45, 7) is 4.26. The Morgan fingerprint density at radius 3 is 2.71 bits per heavy atom. The fourth-order valence-corrected chi connectivity index (χ4v) is 2.53. The number of unbranched alkanes of at least 4 members (excludes halogenated alkanes) is 1. The third-order valence-corrected chi connectivity index (χ3v) is 3.57. The van der Waals surface area contributed by atoms with Gasteiger partial charge in [-0.05, 0) is 31.6 Å². The van der Waals surface area contributed by atoms with E-state index in [1.165, 1.54) is 0 Å². The lowest BCUT2D eigenvalue weighted by Crippen LogP contribution is -2.43. The Balaban J connectivity index is 2.64. The minimum absolute atomic E-state index is 0.326. The monoisotopic (exact) mass is 198 g/mol. The van der Waals surface area contributed by atoms with Crippen molar-refractivity contribution in [1.82, 2.24) is 0 Å². The van der Waals surface area contributed by atoms with Crippen LogP contribution in [0.1, 0.15) is 52.4 Å². The van der Waals surface area contributed by atoms with Crippen molar-refractivity contribution in [1.29, 1.82) is 0 Å². The molecule has 2 nitrogen and oxygen atoms in total. The highest BCUT2D eigenvalue weighted by Gasteiger charge is 2.45. The molecule has 2 heteroatoms. The van der Waals surface area contributed by atoms with Crippen LogP contribution < -0.4 is 0 Å². The maximum absolute atomic E-state index is 12.0. The molecule has 1 rings (SSSR count). The van der Waals surface area contributed by atoms with Crippen LogP contribution >= 0.6 is 0 Å². The van der Waals surface area contributed by atoms with E-state index in [0.29, 0.717) is 18.1 Å². The van der Waals surface area contributed by atoms with E-state index in [9.17, 15) is 4.79 Å². The van der Waals surface area contributed by atoms with Crippen molar-refractivity contribution in [3.05, 3.63) is 0 Å². The van der Waals surface area contributed by atoms with Gasteiger partial charge in [-0.15, -0.1) is 0 Å². The smallest absolute Gasteiger partial charge is 0.164 e. The lowest BCUT2D eigenvalue weighted by Gasteiger charge is -2.30. The second-order valence-corrected chi connectivity index (χ2v) is 4.41. The van der Waals surface area contributed by atoms with Gasteiger partial charge >= 0.3 is 0 Å². The topological polar surface area (TPSA) is 26.3 Å². The second kappa shape index (κ2) is 4.92. The molecule has 0 spiro atoms. The lowest BCUT2D eigenvalue weighted by atomic mass is 9.85. The first-order chi connectivity index (χ1) is 6.67. The Morgan fingerprint density at radius 2 is 2.29 bits per heavy atom. The zero-order valence-corrected chi connectivity index (χ0v) is 9.64. The summed E-state index contributed by atoms with van der Waals surface area (Å²) in [7, 11) is 1.69. The summed E-state index contributed by atoms with van der Waals surface area (Å²) in [5.74, 6) is 0.726. The lowest BCUT2D eigenvalue weighted by molar-refractivity contribution is -0.145. The van der Waals surface area contributed by atoms with Crippen molar-refractivity contribution in [2.45, 2.75) is 58.0 Å². The normalized spacial score (nSPS) is 32.1. The fourth-order valence-electron chi connectivity index (χ4n) is 2.53. The van der Waals surface area contributed by atoms with Gasteiger partial charge in [-0.25, -0.2) is 0 Å². The largest absolute Gasteiger partial charge is 0.370 e. The van der Waals surface area contributed by atoms with Crippen molar-refractivity contribution < 1.29 is 9.53 Å². The van der Waals surface area contributed by atoms with Gasteiger partial charge in [-0.2, -0.15) is 0 Å². The quantitative estimate of drug-likeness (QED) is 0.679. The molecule has 1 fully saturated rings. The summed E-state index contributed by atoms with van der Waals surface area (Å²) in [5.41, 5.74) is -0.435. The summed E-state index contributed by atoms with van der Waals surface area (Å²) >= 11 is 0. The summed E-state index contributed by atoms with van der Waals surface area (Å²) < 4.78 is 5.52. The van der Waals surface area contributed by atoms with Crippen LogP contribution in [0.4, 0.5) is 0 Å². The molecule has 0 bridgehead atoms. The van der Waals surface area contributed by atoms with Gasteiger partial charge in [0, 0.05) is 13.5 Å². The predicted octanol–water partition coefficient (Wildman–Crippen LogP) is 2.95. The first-order valence-corrected chi connectivity index (χ1v) is 5.75. The summed E-state index contributed by atoms with van der Waals surface area (Å²) in [4.78, 5) is 12.0. The van der Waals surface area contributed by atoms with Crippen LogP contribution in [0.3, 0.4) is 0 Å². The van der Waals surface area contributed by atoms with E-state index in [-0.39, 0.29) is 0 Å². The molecule has 82 valence electrons. The van der Waals surface area contributed by atoms with Gasteiger partial charge < -0.3 is 4.74 Å². The van der Waals surface area contributed by atoms with Crippen molar-refractivity contribution in [2.75, 3.05) is 7.11 Å². The summed E-state index contributed by atoms with van der Waals surface area (Å²) in [6, 6.07) is 0. The highest BCUT2D eigenvalue weighted by molar-refractivity contribution is 5.88. The molecule has 0 aliphatic heterocycles. The molecule has 0 radical (unpaired) electrons. The molecular formula is C12H22O2. The summed E-state index contributed by atoms with van der Waals surface area (Å²) in [5, 5.41) is 0. The highest BCUT2D eigenvalue weighted by Crippen LogP contribution is 2.39. The first kappa shape index (κ1) is 11.7. The van der Waals surface area contributed by atoms with Gasteiger partial charge in [0.1, 0.15) is 5.60 Å². The average molecular weight is 198 g/mol. The Hall–Kier alpha value is -0.370. The maximum atomic E-state index is 12.0. The number of hydrogen-bond donors (Lipinski definition) is 0. The van der Waals surface area contributed by atoms with Crippen LogP contribution in [0.15, 0.2) is 0 Å². The van der Waals surface area contributed by atoms with Gasteiger partial charge in [0.05, 0.1) is 0 Å². The van der Waals surface area contributed by atoms with E-state index in [2.05, 4.69) is 13.8 Å². The molecule has 0 amide bonds. The molecule has 0 aromatic rings. The van der Waals surface area contributed by atoms with E-state index in [1.807, 2.05) is 0 Å². The number of hydrogen-bond acceptors (Lipinski definition) is 2. The number of methoxy groups -OCH3 is 1. The highest BCUT2D eigenvalue weighted by atomic mass is 16.5. The van der Waals surface area contributed by atoms with Crippen LogP contribution in [-0.4, -0.2) is 18.5 Å². The van der Waals surface area contributed by atoms with Crippen molar-refractivity contribution in [3.63, 3.8) is 0 Å². The zero-order valence-electron chi connectivity index (χ0n) is 9.64. The van der Waals surface area contributed by atoms with Crippen LogP contribution in [-0.2, 0) is 9.53 Å². The summed E-state index contributed by atoms with van der Waals surface area (Å²) in [6.07, 6.45) is 5.96. The number of ketones is 1. The van der Waals surface area contributed by atoms with E-state index in [4.69, 9.17) is 4.74 Å². The van der Waals surface area contributed by atoms with Crippen LogP contribution in [0.5, 0.6) is 0 Å². The molecule has 0 N–H and O–H groups in total. The van der Waals surface area contributed by atoms with Gasteiger partial charge in [0.2, 0.25) is 0 Å². The number of Topliss-reactive ketones (excluding diaryl/α,β-unsaturated/α-hetero) is 1. The fraction of sp³-hybridized carbons (Fsp3) is 0.917. The van der Waals surface area contributed by atoms with Gasteiger partial charge in [-0.1, -0.05) is 20.3 Å². The SMILES string of the molecule is CCCCC(=O)C1(OC)CCCC1C. The standard InChI is InChI=1S/C12H22O2/c1-4-5-8-11(13)12(14-3)9-6-7-10(12)2/h10H,4-9H2,1-3H3. The number of rotatable bonds is 5. The third kappa shape index (κ3) is 2.00. The maximum Gasteiger partial charge on any atom is 0.164 e. The molecule has 2 atom stereocenters. The average Bonchev–Trinajstić information content (AvgIpc) is 2.57. The van der Waals surface area contributed by atoms with E-state index in [0.717, 1.165) is 32.1 Å². The Morgan fingerprint density at radius 1 is 1.57 bits per heavy atom. The van der Waals surface area contributed by atoms with E-state index >= 15 is 0 Å². The van der Waals surface area contributed by atoms with Crippen LogP contribution in [0.2, 0.25) is 0 Å². The Labute approximate surface area is 87.0 Å². The van der Waals surface area contributed by atoms with Gasteiger partial charge in [-0.3, -0.25) is 4.79 Å². The third-order valence-electron chi connectivity index (χ3n) is 3.57. The van der Waals surface area contributed by atoms with Crippen LogP contribution in [0.25, 0.3) is 0 Å². The molecular weight excluding hydrogens is 176 g/mol. The van der Waals surface area contributed by atoms with Crippen molar-refractivity contribution >= 4 is 5.78 Å². The van der Waals surface area contributed by atoms with Crippen molar-refractivity contribution in [3.8, 4) is 0 Å². The molecule has 2 unspecified atom stereocenters. The zero-order chi connectivity index (χ0) is 10.6. The molecule has 0 aromatic heterocycles. The molecule has 0 saturated heterocycles. The van der Waals surface area contributed by atoms with E-state index < -0.39 is 5.60 Å². The minimum Gasteiger partial charge on any atom is -0.370 e. The Kier molecular flexibility index (Phi) is 4.11. The van der Waals surface area contributed by atoms with Crippen molar-refractivity contribution in [2.24, 2.45) is 5.92 Å². The Bertz CT molecular complexity index is 200. The molecule has 14 heavy (non-hydrogen) atoms. The molecule has 1 aliphatic rings. The van der Waals surface area contributed by atoms with Gasteiger partial charge in [0.25, 0.3) is 0 Å². The van der Waals surface area contributed by atoms with Crippen LogP contribution in [0, 0.1) is 5.92 Å². The minimum atomic E-state index is -0.435. The second-order valence-electron chi connectivity index (χ2n) is 4.41. The first-order valence-electron chi connectivity index (χ1n) is 5.75. The molecule has 0 heterocycles. The van der Waals surface area contributed by atoms with Gasteiger partial charge in [0.15, 0.2) is 5.78 Å². The molecule has 1 saturated carbocycles. The number of ether oxygens (including phenoxy) is 1. The molecule has 1 aliphatic carbocycles. The van der Waals surface area contributed by atoms with E-state index in [1.54, 1.807) is 7.11 Å². The number of carbonyl (C=O) groups excluding carboxylic acids is 1.